The Morgan fingerprint density at radius 3 is 2.26 bits per heavy atom. The molecule has 0 atom stereocenters. The summed E-state index contributed by atoms with van der Waals surface area (Å²) in [7, 11) is 0. The zero-order valence-corrected chi connectivity index (χ0v) is 21.9. The van der Waals surface area contributed by atoms with Crippen molar-refractivity contribution < 1.29 is 19.4 Å². The highest BCUT2D eigenvalue weighted by molar-refractivity contribution is 9.10. The van der Waals surface area contributed by atoms with Crippen molar-refractivity contribution in [3.8, 4) is 11.5 Å². The highest BCUT2D eigenvalue weighted by atomic mass is 79.9. The van der Waals surface area contributed by atoms with Gasteiger partial charge in [-0.15, -0.1) is 0 Å². The first kappa shape index (κ1) is 25.5. The Balaban J connectivity index is 1.40. The highest BCUT2D eigenvalue weighted by Crippen LogP contribution is 2.59. The van der Waals surface area contributed by atoms with Crippen molar-refractivity contribution in [3.63, 3.8) is 0 Å². The molecule has 186 valence electrons. The van der Waals surface area contributed by atoms with E-state index in [2.05, 4.69) is 28.2 Å². The average Bonchev–Trinajstić information content (AvgIpc) is 2.87. The average molecular weight is 540 g/mol. The number of carboxylic acids is 1. The van der Waals surface area contributed by atoms with Crippen molar-refractivity contribution in [1.82, 2.24) is 5.32 Å². The van der Waals surface area contributed by atoms with E-state index < -0.39 is 11.4 Å². The Morgan fingerprint density at radius 1 is 1.00 bits per heavy atom. The third kappa shape index (κ3) is 5.97. The number of fused-ring (bicyclic) bond motifs is 3. The van der Waals surface area contributed by atoms with Gasteiger partial charge < -0.3 is 15.2 Å². The first-order valence-electron chi connectivity index (χ1n) is 12.6. The van der Waals surface area contributed by atoms with E-state index in [0.29, 0.717) is 22.5 Å². The largest absolute Gasteiger partial charge is 0.477 e. The molecule has 3 aliphatic rings. The summed E-state index contributed by atoms with van der Waals surface area (Å²) in [6, 6.07) is 14.7. The van der Waals surface area contributed by atoms with Crippen LogP contribution < -0.4 is 10.1 Å². The fourth-order valence-electron chi connectivity index (χ4n) is 5.59. The monoisotopic (exact) mass is 539 g/mol. The number of para-hydroxylation sites is 1. The molecule has 5 nitrogen and oxygen atoms in total. The van der Waals surface area contributed by atoms with Gasteiger partial charge in [-0.25, -0.2) is 4.79 Å². The number of benzene rings is 2. The maximum absolute atomic E-state index is 13.3. The van der Waals surface area contributed by atoms with Crippen molar-refractivity contribution in [3.05, 3.63) is 64.3 Å². The number of unbranched alkanes of at least 4 members (excludes halogenated alkanes) is 2. The number of carbonyl (C=O) groups excluding carboxylic acids is 1. The summed E-state index contributed by atoms with van der Waals surface area (Å²) in [4.78, 5) is 25.3. The lowest BCUT2D eigenvalue weighted by molar-refractivity contribution is -0.142. The van der Waals surface area contributed by atoms with Crippen molar-refractivity contribution in [1.29, 1.82) is 0 Å². The molecular formula is C29H34BrNO4. The summed E-state index contributed by atoms with van der Waals surface area (Å²) in [6.45, 7) is 2.23. The number of hydrogen-bond acceptors (Lipinski definition) is 3. The van der Waals surface area contributed by atoms with Crippen LogP contribution in [0.25, 0.3) is 6.08 Å². The SMILES string of the molecule is CCCCCC12CCC(C(=O)NC(=Cc3ccc(Oc4ccccc4Br)cc3)C(=O)O)(CC1)CC2. The van der Waals surface area contributed by atoms with Crippen molar-refractivity contribution in [2.45, 2.75) is 71.1 Å². The lowest BCUT2D eigenvalue weighted by Gasteiger charge is -2.52. The van der Waals surface area contributed by atoms with Crippen molar-refractivity contribution in [2.24, 2.45) is 10.8 Å². The molecule has 0 saturated heterocycles. The number of carboxylic acid groups (broad SMARTS) is 1. The summed E-state index contributed by atoms with van der Waals surface area (Å²) in [5, 5.41) is 12.5. The molecule has 35 heavy (non-hydrogen) atoms. The van der Waals surface area contributed by atoms with Crippen LogP contribution in [0.15, 0.2) is 58.7 Å². The lowest BCUT2D eigenvalue weighted by Crippen LogP contribution is -2.50. The van der Waals surface area contributed by atoms with E-state index in [4.69, 9.17) is 4.74 Å². The molecule has 3 saturated carbocycles. The van der Waals surface area contributed by atoms with E-state index >= 15 is 0 Å². The van der Waals surface area contributed by atoms with E-state index in [-0.39, 0.29) is 11.6 Å². The molecule has 0 heterocycles. The molecule has 6 heteroatoms. The van der Waals surface area contributed by atoms with Gasteiger partial charge in [-0.05, 0) is 102 Å². The number of carbonyl (C=O) groups is 2. The molecule has 0 aliphatic heterocycles. The number of ether oxygens (including phenoxy) is 1. The van der Waals surface area contributed by atoms with Gasteiger partial charge in [-0.3, -0.25) is 4.79 Å². The Hall–Kier alpha value is -2.60. The number of halogens is 1. The van der Waals surface area contributed by atoms with Crippen LogP contribution in [0.5, 0.6) is 11.5 Å². The molecule has 5 rings (SSSR count). The molecule has 2 aromatic carbocycles. The van der Waals surface area contributed by atoms with Gasteiger partial charge in [-0.1, -0.05) is 50.5 Å². The van der Waals surface area contributed by atoms with Gasteiger partial charge in [0.25, 0.3) is 0 Å². The number of rotatable bonds is 10. The fraction of sp³-hybridized carbons (Fsp3) is 0.448. The van der Waals surface area contributed by atoms with Gasteiger partial charge in [0.1, 0.15) is 17.2 Å². The van der Waals surface area contributed by atoms with Crippen LogP contribution in [0.1, 0.15) is 76.7 Å². The zero-order valence-electron chi connectivity index (χ0n) is 20.3. The van der Waals surface area contributed by atoms with Gasteiger partial charge in [0.05, 0.1) is 4.47 Å². The highest BCUT2D eigenvalue weighted by Gasteiger charge is 2.52. The molecule has 2 bridgehead atoms. The lowest BCUT2D eigenvalue weighted by atomic mass is 9.52. The Labute approximate surface area is 216 Å². The maximum atomic E-state index is 13.3. The van der Waals surface area contributed by atoms with Crippen LogP contribution in [0.2, 0.25) is 0 Å². The van der Waals surface area contributed by atoms with Crippen LogP contribution in [0.4, 0.5) is 0 Å². The first-order chi connectivity index (χ1) is 16.8. The van der Waals surface area contributed by atoms with Gasteiger partial charge in [0.15, 0.2) is 0 Å². The molecule has 0 aromatic heterocycles. The third-order valence-electron chi connectivity index (χ3n) is 7.93. The molecular weight excluding hydrogens is 506 g/mol. The minimum atomic E-state index is -1.14. The topological polar surface area (TPSA) is 75.6 Å². The maximum Gasteiger partial charge on any atom is 0.352 e. The Bertz CT molecular complexity index is 1070. The van der Waals surface area contributed by atoms with Crippen molar-refractivity contribution in [2.75, 3.05) is 0 Å². The second-order valence-corrected chi connectivity index (χ2v) is 11.0. The molecule has 2 aromatic rings. The summed E-state index contributed by atoms with van der Waals surface area (Å²) in [5.41, 5.74) is 0.569. The van der Waals surface area contributed by atoms with Gasteiger partial charge >= 0.3 is 5.97 Å². The van der Waals surface area contributed by atoms with Gasteiger partial charge in [0, 0.05) is 5.41 Å². The second-order valence-electron chi connectivity index (χ2n) is 10.2. The summed E-state index contributed by atoms with van der Waals surface area (Å²) >= 11 is 3.46. The molecule has 1 amide bonds. The summed E-state index contributed by atoms with van der Waals surface area (Å²) in [5.74, 6) is 0.0641. The summed E-state index contributed by atoms with van der Waals surface area (Å²) in [6.07, 6.45) is 12.4. The van der Waals surface area contributed by atoms with E-state index in [0.717, 1.165) is 43.0 Å². The summed E-state index contributed by atoms with van der Waals surface area (Å²) < 4.78 is 6.73. The predicted molar refractivity (Wildman–Crippen MR) is 141 cm³/mol. The number of nitrogens with one attached hydrogen (secondary N) is 1. The quantitative estimate of drug-likeness (QED) is 0.239. The van der Waals surface area contributed by atoms with E-state index in [1.54, 1.807) is 24.3 Å². The molecule has 0 spiro atoms. The van der Waals surface area contributed by atoms with Crippen LogP contribution in [-0.4, -0.2) is 17.0 Å². The van der Waals surface area contributed by atoms with Crippen LogP contribution in [0.3, 0.4) is 0 Å². The molecule has 0 radical (unpaired) electrons. The fourth-order valence-corrected chi connectivity index (χ4v) is 5.95. The third-order valence-corrected chi connectivity index (χ3v) is 8.58. The molecule has 3 fully saturated rings. The number of amides is 1. The minimum Gasteiger partial charge on any atom is -0.477 e. The molecule has 3 aliphatic carbocycles. The van der Waals surface area contributed by atoms with Crippen LogP contribution >= 0.6 is 15.9 Å². The zero-order chi connectivity index (χ0) is 24.9. The minimum absolute atomic E-state index is 0.0887. The van der Waals surface area contributed by atoms with Crippen molar-refractivity contribution >= 4 is 33.9 Å². The second kappa shape index (κ2) is 11.0. The first-order valence-corrected chi connectivity index (χ1v) is 13.4. The molecule has 0 unspecified atom stereocenters. The van der Waals surface area contributed by atoms with E-state index in [1.165, 1.54) is 31.8 Å². The van der Waals surface area contributed by atoms with Gasteiger partial charge in [-0.2, -0.15) is 0 Å². The van der Waals surface area contributed by atoms with E-state index in [1.807, 2.05) is 24.3 Å². The number of hydrogen-bond donors (Lipinski definition) is 2. The number of aliphatic carboxylic acids is 1. The normalized spacial score (nSPS) is 23.7. The predicted octanol–water partition coefficient (Wildman–Crippen LogP) is 7.70. The van der Waals surface area contributed by atoms with Crippen LogP contribution in [0, 0.1) is 10.8 Å². The smallest absolute Gasteiger partial charge is 0.352 e. The molecule has 2 N–H and O–H groups in total. The van der Waals surface area contributed by atoms with Crippen LogP contribution in [-0.2, 0) is 9.59 Å². The van der Waals surface area contributed by atoms with E-state index in [9.17, 15) is 14.7 Å². The Morgan fingerprint density at radius 2 is 1.66 bits per heavy atom. The standard InChI is InChI=1S/C29H34BrNO4/c1-2-3-6-13-28-14-17-29(18-15-28,19-16-28)27(34)31-24(26(32)33)20-21-9-11-22(12-10-21)35-25-8-5-4-7-23(25)30/h4-5,7-12,20H,2-3,6,13-19H2,1H3,(H,31,34)(H,32,33). The Kier molecular flexibility index (Phi) is 8.00. The van der Waals surface area contributed by atoms with Gasteiger partial charge in [0.2, 0.25) is 5.91 Å².